The maximum Gasteiger partial charge on any atom is 0.407 e. The van der Waals surface area contributed by atoms with Crippen molar-refractivity contribution in [2.45, 2.75) is 44.9 Å². The molecular weight excluding hydrogens is 242 g/mol. The van der Waals surface area contributed by atoms with Crippen LogP contribution in [0.5, 0.6) is 0 Å². The average Bonchev–Trinajstić information content (AvgIpc) is 2.71. The second kappa shape index (κ2) is 6.06. The van der Waals surface area contributed by atoms with Crippen LogP contribution in [0.2, 0.25) is 0 Å². The lowest BCUT2D eigenvalue weighted by atomic mass is 9.93. The van der Waals surface area contributed by atoms with E-state index in [-0.39, 0.29) is 18.2 Å². The van der Waals surface area contributed by atoms with Crippen LogP contribution in [0.3, 0.4) is 0 Å². The van der Waals surface area contributed by atoms with E-state index in [2.05, 4.69) is 5.32 Å². The molecule has 19 heavy (non-hydrogen) atoms. The lowest BCUT2D eigenvalue weighted by Crippen LogP contribution is -2.38. The first-order valence-corrected chi connectivity index (χ1v) is 6.75. The molecule has 1 heterocycles. The minimum atomic E-state index is -0.499. The number of aliphatic hydroxyl groups excluding tert-OH is 1. The fourth-order valence-electron chi connectivity index (χ4n) is 2.50. The van der Waals surface area contributed by atoms with Gasteiger partial charge >= 0.3 is 6.09 Å². The molecule has 2 rings (SSSR count). The largest absolute Gasteiger partial charge is 0.444 e. The van der Waals surface area contributed by atoms with Crippen LogP contribution < -0.4 is 5.32 Å². The Hall–Kier alpha value is -1.55. The number of alkyl carbamates (subject to hydrolysis) is 1. The quantitative estimate of drug-likeness (QED) is 0.855. The molecule has 1 amide bonds. The maximum atomic E-state index is 11.3. The van der Waals surface area contributed by atoms with Gasteiger partial charge in [-0.1, -0.05) is 44.2 Å². The second-order valence-electron chi connectivity index (χ2n) is 5.44. The summed E-state index contributed by atoms with van der Waals surface area (Å²) in [4.78, 5) is 11.3. The van der Waals surface area contributed by atoms with Gasteiger partial charge in [0.1, 0.15) is 6.10 Å². The van der Waals surface area contributed by atoms with E-state index >= 15 is 0 Å². The molecule has 0 aromatic heterocycles. The van der Waals surface area contributed by atoms with Crippen LogP contribution in [-0.4, -0.2) is 29.4 Å². The molecule has 4 nitrogen and oxygen atoms in total. The van der Waals surface area contributed by atoms with Crippen molar-refractivity contribution < 1.29 is 14.6 Å². The van der Waals surface area contributed by atoms with Crippen LogP contribution in [0.15, 0.2) is 30.3 Å². The number of carbonyl (C=O) groups is 1. The summed E-state index contributed by atoms with van der Waals surface area (Å²) in [5.41, 5.74) is 1.09. The number of amides is 1. The minimum Gasteiger partial charge on any atom is -0.444 e. The standard InChI is InChI=1S/C15H21NO3/c1-10(2)14-13(19-15(18)16-14)9-12(17)8-11-6-4-3-5-7-11/h3-7,10,12-14,17H,8-9H2,1-2H3,(H,16,18)/t12-,13-,14+/m1/s1. The predicted molar refractivity (Wildman–Crippen MR) is 72.8 cm³/mol. The van der Waals surface area contributed by atoms with Crippen molar-refractivity contribution in [3.05, 3.63) is 35.9 Å². The van der Waals surface area contributed by atoms with Crippen molar-refractivity contribution in [1.29, 1.82) is 0 Å². The third kappa shape index (κ3) is 3.70. The van der Waals surface area contributed by atoms with E-state index in [4.69, 9.17) is 4.74 Å². The van der Waals surface area contributed by atoms with Crippen LogP contribution in [0, 0.1) is 5.92 Å². The molecule has 1 aromatic carbocycles. The highest BCUT2D eigenvalue weighted by Gasteiger charge is 2.37. The molecule has 0 bridgehead atoms. The van der Waals surface area contributed by atoms with Gasteiger partial charge in [0.05, 0.1) is 12.1 Å². The van der Waals surface area contributed by atoms with Gasteiger partial charge in [-0.15, -0.1) is 0 Å². The number of benzene rings is 1. The molecule has 1 aromatic rings. The highest BCUT2D eigenvalue weighted by Crippen LogP contribution is 2.21. The molecule has 4 heteroatoms. The van der Waals surface area contributed by atoms with Gasteiger partial charge in [0.2, 0.25) is 0 Å². The van der Waals surface area contributed by atoms with Crippen LogP contribution in [0.1, 0.15) is 25.8 Å². The first kappa shape index (κ1) is 13.9. The average molecular weight is 263 g/mol. The Morgan fingerprint density at radius 2 is 2.00 bits per heavy atom. The molecule has 1 fully saturated rings. The Morgan fingerprint density at radius 3 is 2.63 bits per heavy atom. The zero-order valence-electron chi connectivity index (χ0n) is 11.4. The highest BCUT2D eigenvalue weighted by molar-refractivity contribution is 5.70. The topological polar surface area (TPSA) is 58.6 Å². The van der Waals surface area contributed by atoms with E-state index in [1.165, 1.54) is 0 Å². The van der Waals surface area contributed by atoms with Crippen molar-refractivity contribution in [2.24, 2.45) is 5.92 Å². The predicted octanol–water partition coefficient (Wildman–Crippen LogP) is 2.11. The highest BCUT2D eigenvalue weighted by atomic mass is 16.6. The zero-order chi connectivity index (χ0) is 13.8. The van der Waals surface area contributed by atoms with Crippen molar-refractivity contribution in [1.82, 2.24) is 5.32 Å². The molecule has 0 spiro atoms. The van der Waals surface area contributed by atoms with Crippen LogP contribution in [-0.2, 0) is 11.2 Å². The summed E-state index contributed by atoms with van der Waals surface area (Å²) in [7, 11) is 0. The Balaban J connectivity index is 1.91. The number of cyclic esters (lactones) is 1. The van der Waals surface area contributed by atoms with E-state index in [1.54, 1.807) is 0 Å². The number of carbonyl (C=O) groups excluding carboxylic acids is 1. The molecule has 0 radical (unpaired) electrons. The van der Waals surface area contributed by atoms with Crippen LogP contribution in [0.4, 0.5) is 4.79 Å². The van der Waals surface area contributed by atoms with Gasteiger partial charge in [-0.2, -0.15) is 0 Å². The Morgan fingerprint density at radius 1 is 1.32 bits per heavy atom. The minimum absolute atomic E-state index is 0.0158. The Kier molecular flexibility index (Phi) is 4.43. The Bertz CT molecular complexity index is 419. The van der Waals surface area contributed by atoms with E-state index in [1.807, 2.05) is 44.2 Å². The van der Waals surface area contributed by atoms with Gasteiger partial charge in [-0.05, 0) is 17.9 Å². The van der Waals surface area contributed by atoms with E-state index in [0.717, 1.165) is 5.56 Å². The smallest absolute Gasteiger partial charge is 0.407 e. The molecule has 1 aliphatic heterocycles. The second-order valence-corrected chi connectivity index (χ2v) is 5.44. The number of hydrogen-bond acceptors (Lipinski definition) is 3. The van der Waals surface area contributed by atoms with E-state index < -0.39 is 6.10 Å². The number of aliphatic hydroxyl groups is 1. The first-order valence-electron chi connectivity index (χ1n) is 6.75. The van der Waals surface area contributed by atoms with E-state index in [9.17, 15) is 9.90 Å². The van der Waals surface area contributed by atoms with Gasteiger partial charge in [0, 0.05) is 6.42 Å². The van der Waals surface area contributed by atoms with Crippen LogP contribution >= 0.6 is 0 Å². The van der Waals surface area contributed by atoms with E-state index in [0.29, 0.717) is 18.8 Å². The summed E-state index contributed by atoms with van der Waals surface area (Å²) in [6, 6.07) is 9.82. The lowest BCUT2D eigenvalue weighted by molar-refractivity contribution is 0.0681. The molecule has 0 unspecified atom stereocenters. The molecule has 2 N–H and O–H groups in total. The van der Waals surface area contributed by atoms with Crippen molar-refractivity contribution >= 4 is 6.09 Å². The summed E-state index contributed by atoms with van der Waals surface area (Å²) in [6.07, 6.45) is -0.0703. The number of ether oxygens (including phenoxy) is 1. The molecule has 1 aliphatic rings. The normalized spacial score (nSPS) is 24.1. The van der Waals surface area contributed by atoms with Gasteiger partial charge in [0.25, 0.3) is 0 Å². The van der Waals surface area contributed by atoms with Gasteiger partial charge in [-0.25, -0.2) is 4.79 Å². The third-order valence-electron chi connectivity index (χ3n) is 3.48. The number of hydrogen-bond donors (Lipinski definition) is 2. The molecule has 1 saturated heterocycles. The molecular formula is C15H21NO3. The number of nitrogens with one attached hydrogen (secondary N) is 1. The maximum absolute atomic E-state index is 11.3. The van der Waals surface area contributed by atoms with Gasteiger partial charge in [-0.3, -0.25) is 0 Å². The number of rotatable bonds is 5. The SMILES string of the molecule is CC(C)[C@@H]1NC(=O)O[C@@H]1C[C@H](O)Cc1ccccc1. The van der Waals surface area contributed by atoms with Crippen molar-refractivity contribution in [2.75, 3.05) is 0 Å². The molecule has 3 atom stereocenters. The lowest BCUT2D eigenvalue weighted by Gasteiger charge is -2.22. The van der Waals surface area contributed by atoms with Crippen molar-refractivity contribution in [3.8, 4) is 0 Å². The van der Waals surface area contributed by atoms with Crippen LogP contribution in [0.25, 0.3) is 0 Å². The molecule has 104 valence electrons. The fraction of sp³-hybridized carbons (Fsp3) is 0.533. The summed E-state index contributed by atoms with van der Waals surface area (Å²) in [5.74, 6) is 0.292. The van der Waals surface area contributed by atoms with Gasteiger partial charge in [0.15, 0.2) is 0 Å². The monoisotopic (exact) mass is 263 g/mol. The Labute approximate surface area is 113 Å². The summed E-state index contributed by atoms with van der Waals surface area (Å²) in [5, 5.41) is 12.9. The summed E-state index contributed by atoms with van der Waals surface area (Å²) >= 11 is 0. The summed E-state index contributed by atoms with van der Waals surface area (Å²) in [6.45, 7) is 4.08. The molecule has 0 saturated carbocycles. The molecule has 0 aliphatic carbocycles. The third-order valence-corrected chi connectivity index (χ3v) is 3.48. The van der Waals surface area contributed by atoms with Gasteiger partial charge < -0.3 is 15.2 Å². The first-order chi connectivity index (χ1) is 9.06. The fourth-order valence-corrected chi connectivity index (χ4v) is 2.50. The van der Waals surface area contributed by atoms with Crippen molar-refractivity contribution in [3.63, 3.8) is 0 Å². The summed E-state index contributed by atoms with van der Waals surface area (Å²) < 4.78 is 5.23. The zero-order valence-corrected chi connectivity index (χ0v) is 11.4.